The lowest BCUT2D eigenvalue weighted by Gasteiger charge is -2.21. The van der Waals surface area contributed by atoms with Crippen LogP contribution in [-0.2, 0) is 25.6 Å². The molecule has 2 unspecified atom stereocenters. The zero-order valence-corrected chi connectivity index (χ0v) is 23.9. The van der Waals surface area contributed by atoms with Gasteiger partial charge in [-0.3, -0.25) is 9.59 Å². The van der Waals surface area contributed by atoms with Crippen LogP contribution < -0.4 is 20.9 Å². The summed E-state index contributed by atoms with van der Waals surface area (Å²) in [5.74, 6) is 1.25. The lowest BCUT2D eigenvalue weighted by atomic mass is 9.93. The van der Waals surface area contributed by atoms with Crippen molar-refractivity contribution in [2.45, 2.75) is 40.2 Å². The minimum atomic E-state index is -0.180. The number of benzene rings is 1. The Labute approximate surface area is 228 Å². The molecule has 1 aromatic carbocycles. The van der Waals surface area contributed by atoms with Crippen molar-refractivity contribution in [2.75, 3.05) is 70.4 Å². The molecule has 1 aromatic rings. The Morgan fingerprint density at radius 1 is 1.08 bits per heavy atom. The van der Waals surface area contributed by atoms with Crippen LogP contribution in [0.3, 0.4) is 0 Å². The average Bonchev–Trinajstić information content (AvgIpc) is 2.88. The molecule has 0 fully saturated rings. The number of hydrogen-bond acceptors (Lipinski definition) is 6. The number of ether oxygens (including phenoxy) is 2. The third kappa shape index (κ3) is 15.7. The number of rotatable bonds is 21. The van der Waals surface area contributed by atoms with Crippen LogP contribution in [0.4, 0.5) is 5.69 Å². The van der Waals surface area contributed by atoms with Gasteiger partial charge in [-0.25, -0.2) is 0 Å². The molecule has 0 heterocycles. The summed E-state index contributed by atoms with van der Waals surface area (Å²) < 4.78 is 10.8. The zero-order chi connectivity index (χ0) is 27.5. The van der Waals surface area contributed by atoms with Gasteiger partial charge in [0.15, 0.2) is 0 Å². The second-order valence-electron chi connectivity index (χ2n) is 9.53. The van der Waals surface area contributed by atoms with Gasteiger partial charge in [0.2, 0.25) is 11.8 Å². The fourth-order valence-electron chi connectivity index (χ4n) is 3.72. The number of carbonyl (C=O) groups is 2. The van der Waals surface area contributed by atoms with E-state index in [9.17, 15) is 9.59 Å². The summed E-state index contributed by atoms with van der Waals surface area (Å²) in [5.41, 5.74) is 2.90. The molecule has 2 amide bonds. The first-order chi connectivity index (χ1) is 17.8. The van der Waals surface area contributed by atoms with Crippen LogP contribution >= 0.6 is 11.6 Å². The van der Waals surface area contributed by atoms with E-state index in [0.29, 0.717) is 56.2 Å². The Bertz CT molecular complexity index is 791. The lowest BCUT2D eigenvalue weighted by Crippen LogP contribution is -2.34. The molecular formula is C28H47ClN4O4. The third-order valence-electron chi connectivity index (χ3n) is 6.04. The van der Waals surface area contributed by atoms with E-state index in [-0.39, 0.29) is 18.4 Å². The molecule has 0 radical (unpaired) electrons. The number of anilines is 1. The third-order valence-corrected chi connectivity index (χ3v) is 6.21. The van der Waals surface area contributed by atoms with Crippen molar-refractivity contribution in [3.63, 3.8) is 0 Å². The highest BCUT2D eigenvalue weighted by molar-refractivity contribution is 6.18. The van der Waals surface area contributed by atoms with Gasteiger partial charge >= 0.3 is 0 Å². The van der Waals surface area contributed by atoms with Gasteiger partial charge in [-0.05, 0) is 49.4 Å². The summed E-state index contributed by atoms with van der Waals surface area (Å²) in [6, 6.07) is 8.57. The molecular weight excluding hydrogens is 492 g/mol. The molecule has 9 heteroatoms. The summed E-state index contributed by atoms with van der Waals surface area (Å²) >= 11 is 5.82. The van der Waals surface area contributed by atoms with Crippen molar-refractivity contribution in [3.05, 3.63) is 42.0 Å². The maximum Gasteiger partial charge on any atom is 0.246 e. The van der Waals surface area contributed by atoms with Gasteiger partial charge in [0.25, 0.3) is 0 Å². The van der Waals surface area contributed by atoms with Gasteiger partial charge in [0.1, 0.15) is 6.61 Å². The van der Waals surface area contributed by atoms with E-state index < -0.39 is 0 Å². The number of nitrogens with zero attached hydrogens (tertiary/aromatic N) is 1. The van der Waals surface area contributed by atoms with E-state index in [1.165, 1.54) is 11.3 Å². The molecule has 0 aliphatic carbocycles. The van der Waals surface area contributed by atoms with Gasteiger partial charge in [0.05, 0.1) is 19.8 Å². The standard InChI is InChI=1S/C28H47ClN4O4/c1-6-24(20-32-27(34)21-37-16-15-36-14-12-31-28(35)22(2)3)17-23(4)18-30-19-25-7-9-26(10-8-25)33(5)13-11-29/h7-10,23-24,30H,2,6,11-21H2,1,3-5H3,(H,31,35)(H,32,34). The van der Waals surface area contributed by atoms with E-state index in [2.05, 4.69) is 65.5 Å². The van der Waals surface area contributed by atoms with Crippen LogP contribution in [0.15, 0.2) is 36.4 Å². The monoisotopic (exact) mass is 538 g/mol. The number of hydrogen-bond donors (Lipinski definition) is 3. The first kappa shape index (κ1) is 32.9. The fraction of sp³-hybridized carbons (Fsp3) is 0.643. The average molecular weight is 539 g/mol. The van der Waals surface area contributed by atoms with E-state index in [1.807, 2.05) is 7.05 Å². The highest BCUT2D eigenvalue weighted by atomic mass is 35.5. The van der Waals surface area contributed by atoms with Crippen molar-refractivity contribution in [1.29, 1.82) is 0 Å². The van der Waals surface area contributed by atoms with Crippen LogP contribution in [0.5, 0.6) is 0 Å². The van der Waals surface area contributed by atoms with Gasteiger partial charge in [-0.15, -0.1) is 11.6 Å². The predicted molar refractivity (Wildman–Crippen MR) is 152 cm³/mol. The van der Waals surface area contributed by atoms with Crippen molar-refractivity contribution in [3.8, 4) is 0 Å². The van der Waals surface area contributed by atoms with E-state index in [4.69, 9.17) is 21.1 Å². The molecule has 0 aromatic heterocycles. The van der Waals surface area contributed by atoms with Crippen molar-refractivity contribution in [1.82, 2.24) is 16.0 Å². The maximum atomic E-state index is 12.1. The highest BCUT2D eigenvalue weighted by Gasteiger charge is 2.13. The first-order valence-electron chi connectivity index (χ1n) is 13.2. The normalized spacial score (nSPS) is 12.6. The molecule has 37 heavy (non-hydrogen) atoms. The minimum Gasteiger partial charge on any atom is -0.377 e. The van der Waals surface area contributed by atoms with Crippen molar-refractivity contribution >= 4 is 29.1 Å². The SMILES string of the molecule is C=C(C)C(=O)NCCOCCOCC(=O)NCC(CC)CC(C)CNCc1ccc(N(C)CCCl)cc1. The van der Waals surface area contributed by atoms with Crippen LogP contribution in [0.25, 0.3) is 0 Å². The first-order valence-corrected chi connectivity index (χ1v) is 13.7. The van der Waals surface area contributed by atoms with E-state index in [1.54, 1.807) is 6.92 Å². The van der Waals surface area contributed by atoms with Gasteiger partial charge in [0, 0.05) is 50.4 Å². The number of nitrogens with one attached hydrogen (secondary N) is 3. The van der Waals surface area contributed by atoms with Crippen molar-refractivity contribution in [2.24, 2.45) is 11.8 Å². The Balaban J connectivity index is 2.13. The molecule has 8 nitrogen and oxygen atoms in total. The van der Waals surface area contributed by atoms with E-state index >= 15 is 0 Å². The number of amides is 2. The highest BCUT2D eigenvalue weighted by Crippen LogP contribution is 2.16. The van der Waals surface area contributed by atoms with Crippen LogP contribution in [0.2, 0.25) is 0 Å². The van der Waals surface area contributed by atoms with Gasteiger partial charge < -0.3 is 30.3 Å². The predicted octanol–water partition coefficient (Wildman–Crippen LogP) is 3.35. The molecule has 3 N–H and O–H groups in total. The molecule has 0 spiro atoms. The maximum absolute atomic E-state index is 12.1. The molecule has 0 saturated carbocycles. The fourth-order valence-corrected chi connectivity index (χ4v) is 3.97. The van der Waals surface area contributed by atoms with Gasteiger partial charge in [-0.1, -0.05) is 39.0 Å². The smallest absolute Gasteiger partial charge is 0.246 e. The molecule has 2 atom stereocenters. The number of carbonyl (C=O) groups excluding carboxylic acids is 2. The van der Waals surface area contributed by atoms with Crippen LogP contribution in [0, 0.1) is 11.8 Å². The second-order valence-corrected chi connectivity index (χ2v) is 9.91. The lowest BCUT2D eigenvalue weighted by molar-refractivity contribution is -0.126. The Morgan fingerprint density at radius 2 is 1.78 bits per heavy atom. The summed E-state index contributed by atoms with van der Waals surface area (Å²) in [4.78, 5) is 25.6. The minimum absolute atomic E-state index is 0.0176. The summed E-state index contributed by atoms with van der Waals surface area (Å²) in [6.07, 6.45) is 2.06. The van der Waals surface area contributed by atoms with Crippen LogP contribution in [-0.4, -0.2) is 77.3 Å². The quantitative estimate of drug-likeness (QED) is 0.126. The molecule has 0 aliphatic heterocycles. The molecule has 210 valence electrons. The second kappa shape index (κ2) is 19.9. The Morgan fingerprint density at radius 3 is 2.43 bits per heavy atom. The Kier molecular flexibility index (Phi) is 17.7. The molecule has 0 aliphatic rings. The molecule has 0 bridgehead atoms. The zero-order valence-electron chi connectivity index (χ0n) is 23.1. The topological polar surface area (TPSA) is 91.9 Å². The van der Waals surface area contributed by atoms with Crippen molar-refractivity contribution < 1.29 is 19.1 Å². The number of alkyl halides is 1. The van der Waals surface area contributed by atoms with E-state index in [0.717, 1.165) is 32.5 Å². The summed E-state index contributed by atoms with van der Waals surface area (Å²) in [6.45, 7) is 14.4. The molecule has 1 rings (SSSR count). The Hall–Kier alpha value is -2.13. The summed E-state index contributed by atoms with van der Waals surface area (Å²) in [7, 11) is 2.05. The van der Waals surface area contributed by atoms with Crippen LogP contribution in [0.1, 0.15) is 39.2 Å². The number of halogens is 1. The largest absolute Gasteiger partial charge is 0.377 e. The molecule has 0 saturated heterocycles. The van der Waals surface area contributed by atoms with Gasteiger partial charge in [-0.2, -0.15) is 0 Å². The summed E-state index contributed by atoms with van der Waals surface area (Å²) in [5, 5.41) is 9.23.